The van der Waals surface area contributed by atoms with Crippen molar-refractivity contribution in [3.8, 4) is 0 Å². The SMILES string of the molecule is CN[C@@H](CO)c1ccc(Cl)c(C(F)(F)F)c1. The first-order valence-corrected chi connectivity index (χ1v) is 4.92. The van der Waals surface area contributed by atoms with E-state index in [0.717, 1.165) is 6.07 Å². The van der Waals surface area contributed by atoms with Crippen molar-refractivity contribution in [2.75, 3.05) is 13.7 Å². The predicted molar refractivity (Wildman–Crippen MR) is 55.3 cm³/mol. The zero-order valence-electron chi connectivity index (χ0n) is 8.48. The van der Waals surface area contributed by atoms with Gasteiger partial charge in [-0.3, -0.25) is 0 Å². The van der Waals surface area contributed by atoms with E-state index in [0.29, 0.717) is 5.56 Å². The van der Waals surface area contributed by atoms with Gasteiger partial charge in [-0.05, 0) is 24.7 Å². The van der Waals surface area contributed by atoms with Gasteiger partial charge in [0.2, 0.25) is 0 Å². The molecule has 2 nitrogen and oxygen atoms in total. The van der Waals surface area contributed by atoms with Crippen LogP contribution < -0.4 is 5.32 Å². The van der Waals surface area contributed by atoms with Crippen LogP contribution in [0.3, 0.4) is 0 Å². The molecule has 0 heterocycles. The van der Waals surface area contributed by atoms with Crippen LogP contribution in [0.2, 0.25) is 5.02 Å². The third-order valence-corrected chi connectivity index (χ3v) is 2.56. The maximum Gasteiger partial charge on any atom is 0.417 e. The number of hydrogen-bond acceptors (Lipinski definition) is 2. The summed E-state index contributed by atoms with van der Waals surface area (Å²) >= 11 is 5.47. The van der Waals surface area contributed by atoms with Crippen LogP contribution in [-0.2, 0) is 6.18 Å². The molecule has 0 aliphatic carbocycles. The number of hydrogen-bond donors (Lipinski definition) is 2. The summed E-state index contributed by atoms with van der Waals surface area (Å²) in [5, 5.41) is 11.3. The van der Waals surface area contributed by atoms with Crippen molar-refractivity contribution < 1.29 is 18.3 Å². The van der Waals surface area contributed by atoms with Gasteiger partial charge < -0.3 is 10.4 Å². The van der Waals surface area contributed by atoms with Crippen LogP contribution in [0, 0.1) is 0 Å². The van der Waals surface area contributed by atoms with E-state index in [4.69, 9.17) is 16.7 Å². The lowest BCUT2D eigenvalue weighted by Crippen LogP contribution is -2.20. The minimum Gasteiger partial charge on any atom is -0.394 e. The molecule has 0 bridgehead atoms. The van der Waals surface area contributed by atoms with Crippen molar-refractivity contribution in [1.29, 1.82) is 0 Å². The van der Waals surface area contributed by atoms with Crippen molar-refractivity contribution >= 4 is 11.6 Å². The molecular weight excluding hydrogens is 243 g/mol. The topological polar surface area (TPSA) is 32.3 Å². The van der Waals surface area contributed by atoms with Gasteiger partial charge in [0.25, 0.3) is 0 Å². The average molecular weight is 254 g/mol. The van der Waals surface area contributed by atoms with Crippen molar-refractivity contribution in [2.45, 2.75) is 12.2 Å². The van der Waals surface area contributed by atoms with Gasteiger partial charge in [0, 0.05) is 0 Å². The normalized spacial score (nSPS) is 13.9. The summed E-state index contributed by atoms with van der Waals surface area (Å²) in [6.07, 6.45) is -4.49. The highest BCUT2D eigenvalue weighted by atomic mass is 35.5. The summed E-state index contributed by atoms with van der Waals surface area (Å²) in [5.74, 6) is 0. The Bertz CT molecular complexity index is 364. The third kappa shape index (κ3) is 2.87. The fourth-order valence-electron chi connectivity index (χ4n) is 1.34. The van der Waals surface area contributed by atoms with Gasteiger partial charge in [-0.25, -0.2) is 0 Å². The van der Waals surface area contributed by atoms with Crippen molar-refractivity contribution in [3.05, 3.63) is 34.3 Å². The first-order chi connectivity index (χ1) is 7.40. The Hall–Kier alpha value is -0.780. The number of benzene rings is 1. The molecule has 0 unspecified atom stereocenters. The summed E-state index contributed by atoms with van der Waals surface area (Å²) in [7, 11) is 1.56. The Labute approximate surface area is 96.0 Å². The molecule has 0 aliphatic heterocycles. The summed E-state index contributed by atoms with van der Waals surface area (Å²) in [6.45, 7) is -0.282. The Morgan fingerprint density at radius 1 is 1.44 bits per heavy atom. The van der Waals surface area contributed by atoms with Crippen LogP contribution in [0.15, 0.2) is 18.2 Å². The van der Waals surface area contributed by atoms with Crippen molar-refractivity contribution in [3.63, 3.8) is 0 Å². The van der Waals surface area contributed by atoms with E-state index in [-0.39, 0.29) is 11.6 Å². The summed E-state index contributed by atoms with van der Waals surface area (Å²) < 4.78 is 37.6. The molecule has 0 fully saturated rings. The lowest BCUT2D eigenvalue weighted by molar-refractivity contribution is -0.137. The highest BCUT2D eigenvalue weighted by molar-refractivity contribution is 6.31. The summed E-state index contributed by atoms with van der Waals surface area (Å²) in [4.78, 5) is 0. The average Bonchev–Trinajstić information content (AvgIpc) is 2.20. The zero-order chi connectivity index (χ0) is 12.3. The minimum absolute atomic E-state index is 0.282. The molecule has 90 valence electrons. The van der Waals surface area contributed by atoms with Gasteiger partial charge >= 0.3 is 6.18 Å². The maximum atomic E-state index is 12.5. The van der Waals surface area contributed by atoms with E-state index in [1.807, 2.05) is 0 Å². The van der Waals surface area contributed by atoms with Crippen LogP contribution in [0.5, 0.6) is 0 Å². The van der Waals surface area contributed by atoms with Gasteiger partial charge in [0.1, 0.15) is 0 Å². The van der Waals surface area contributed by atoms with Gasteiger partial charge in [0.15, 0.2) is 0 Å². The quantitative estimate of drug-likeness (QED) is 0.868. The molecule has 1 atom stereocenters. The van der Waals surface area contributed by atoms with Crippen LogP contribution in [0.1, 0.15) is 17.2 Å². The number of aliphatic hydroxyl groups excluding tert-OH is 1. The van der Waals surface area contributed by atoms with Crippen LogP contribution in [-0.4, -0.2) is 18.8 Å². The highest BCUT2D eigenvalue weighted by Crippen LogP contribution is 2.35. The second-order valence-corrected chi connectivity index (χ2v) is 3.67. The molecule has 1 aromatic carbocycles. The molecule has 0 saturated heterocycles. The highest BCUT2D eigenvalue weighted by Gasteiger charge is 2.33. The Morgan fingerprint density at radius 3 is 2.50 bits per heavy atom. The Morgan fingerprint density at radius 2 is 2.06 bits per heavy atom. The molecule has 0 saturated carbocycles. The fourth-order valence-corrected chi connectivity index (χ4v) is 1.56. The van der Waals surface area contributed by atoms with Gasteiger partial charge in [-0.1, -0.05) is 17.7 Å². The molecule has 1 rings (SSSR count). The van der Waals surface area contributed by atoms with E-state index in [1.165, 1.54) is 12.1 Å². The standard InChI is InChI=1S/C10H11ClF3NO/c1-15-9(5-16)6-2-3-8(11)7(4-6)10(12,13)14/h2-4,9,15-16H,5H2,1H3/t9-/m0/s1. The fraction of sp³-hybridized carbons (Fsp3) is 0.400. The smallest absolute Gasteiger partial charge is 0.394 e. The largest absolute Gasteiger partial charge is 0.417 e. The second kappa shape index (κ2) is 5.03. The van der Waals surface area contributed by atoms with Crippen molar-refractivity contribution in [2.24, 2.45) is 0 Å². The maximum absolute atomic E-state index is 12.5. The molecule has 1 aromatic rings. The Balaban J connectivity index is 3.17. The summed E-state index contributed by atoms with van der Waals surface area (Å²) in [6, 6.07) is 3.05. The summed E-state index contributed by atoms with van der Waals surface area (Å²) in [5.41, 5.74) is -0.540. The molecule has 0 aromatic heterocycles. The minimum atomic E-state index is -4.49. The Kier molecular flexibility index (Phi) is 4.18. The molecule has 0 amide bonds. The van der Waals surface area contributed by atoms with E-state index in [2.05, 4.69) is 5.32 Å². The van der Waals surface area contributed by atoms with Crippen LogP contribution in [0.4, 0.5) is 13.2 Å². The number of alkyl halides is 3. The zero-order valence-corrected chi connectivity index (χ0v) is 9.23. The first kappa shape index (κ1) is 13.3. The molecule has 0 spiro atoms. The molecule has 0 aliphatic rings. The lowest BCUT2D eigenvalue weighted by Gasteiger charge is -2.16. The molecular formula is C10H11ClF3NO. The number of nitrogens with one attached hydrogen (secondary N) is 1. The number of rotatable bonds is 3. The second-order valence-electron chi connectivity index (χ2n) is 3.26. The van der Waals surface area contributed by atoms with Crippen LogP contribution >= 0.6 is 11.6 Å². The molecule has 16 heavy (non-hydrogen) atoms. The number of likely N-dealkylation sites (N-methyl/N-ethyl adjacent to an activating group) is 1. The van der Waals surface area contributed by atoms with E-state index < -0.39 is 17.8 Å². The van der Waals surface area contributed by atoms with Gasteiger partial charge in [-0.2, -0.15) is 13.2 Å². The molecule has 6 heteroatoms. The lowest BCUT2D eigenvalue weighted by atomic mass is 10.0. The predicted octanol–water partition coefficient (Wildman–Crippen LogP) is 2.61. The number of aliphatic hydroxyl groups is 1. The molecule has 2 N–H and O–H groups in total. The van der Waals surface area contributed by atoms with E-state index in [1.54, 1.807) is 7.05 Å². The van der Waals surface area contributed by atoms with Gasteiger partial charge in [0.05, 0.1) is 23.2 Å². The van der Waals surface area contributed by atoms with Gasteiger partial charge in [-0.15, -0.1) is 0 Å². The van der Waals surface area contributed by atoms with E-state index in [9.17, 15) is 13.2 Å². The monoisotopic (exact) mass is 253 g/mol. The van der Waals surface area contributed by atoms with Crippen molar-refractivity contribution in [1.82, 2.24) is 5.32 Å². The van der Waals surface area contributed by atoms with E-state index >= 15 is 0 Å². The number of halogens is 4. The third-order valence-electron chi connectivity index (χ3n) is 2.23. The first-order valence-electron chi connectivity index (χ1n) is 4.55. The van der Waals surface area contributed by atoms with Crippen LogP contribution in [0.25, 0.3) is 0 Å². The molecule has 0 radical (unpaired) electrons.